The van der Waals surface area contributed by atoms with Gasteiger partial charge < -0.3 is 15.0 Å². The molecule has 0 bridgehead atoms. The average molecular weight is 308 g/mol. The summed E-state index contributed by atoms with van der Waals surface area (Å²) in [6.07, 6.45) is 4.00. The number of amides is 1. The molecule has 2 unspecified atom stereocenters. The van der Waals surface area contributed by atoms with Crippen molar-refractivity contribution in [2.45, 2.75) is 58.5 Å². The Hall–Kier alpha value is -2.11. The SMILES string of the molecule is CCCCC(NC(=O)C(CC)n1cc(C)ccc1=O)C(=O)O. The molecule has 122 valence electrons. The standard InChI is InChI=1S/C16H24N2O4/c1-4-6-7-12(16(21)22)17-15(20)13(5-2)18-10-11(3)8-9-14(18)19/h8-10,12-13H,4-7H2,1-3H3,(H,17,20)(H,21,22). The summed E-state index contributed by atoms with van der Waals surface area (Å²) in [5.74, 6) is -1.48. The molecule has 0 aromatic carbocycles. The van der Waals surface area contributed by atoms with Gasteiger partial charge in [0, 0.05) is 12.3 Å². The molecule has 1 rings (SSSR count). The summed E-state index contributed by atoms with van der Waals surface area (Å²) in [7, 11) is 0. The minimum absolute atomic E-state index is 0.270. The van der Waals surface area contributed by atoms with Crippen molar-refractivity contribution in [2.75, 3.05) is 0 Å². The lowest BCUT2D eigenvalue weighted by molar-refractivity contribution is -0.142. The van der Waals surface area contributed by atoms with Gasteiger partial charge in [-0.25, -0.2) is 4.79 Å². The molecule has 6 nitrogen and oxygen atoms in total. The van der Waals surface area contributed by atoms with E-state index in [1.54, 1.807) is 19.2 Å². The number of aryl methyl sites for hydroxylation is 1. The topological polar surface area (TPSA) is 88.4 Å². The van der Waals surface area contributed by atoms with Crippen LogP contribution in [0.4, 0.5) is 0 Å². The Morgan fingerprint density at radius 2 is 2.00 bits per heavy atom. The summed E-state index contributed by atoms with van der Waals surface area (Å²) in [6, 6.07) is 1.49. The minimum atomic E-state index is -1.05. The van der Waals surface area contributed by atoms with E-state index in [-0.39, 0.29) is 5.56 Å². The zero-order chi connectivity index (χ0) is 16.7. The first-order chi connectivity index (χ1) is 10.4. The van der Waals surface area contributed by atoms with Crippen molar-refractivity contribution in [3.63, 3.8) is 0 Å². The Labute approximate surface area is 130 Å². The van der Waals surface area contributed by atoms with E-state index in [0.29, 0.717) is 12.8 Å². The van der Waals surface area contributed by atoms with E-state index in [4.69, 9.17) is 0 Å². The molecule has 0 saturated heterocycles. The molecule has 0 aliphatic heterocycles. The molecule has 0 aliphatic carbocycles. The lowest BCUT2D eigenvalue weighted by Gasteiger charge is -2.21. The van der Waals surface area contributed by atoms with Crippen molar-refractivity contribution >= 4 is 11.9 Å². The van der Waals surface area contributed by atoms with Crippen LogP contribution >= 0.6 is 0 Å². The summed E-state index contributed by atoms with van der Waals surface area (Å²) in [5, 5.41) is 11.7. The number of carboxylic acid groups (broad SMARTS) is 1. The number of unbranched alkanes of at least 4 members (excludes halogenated alkanes) is 1. The van der Waals surface area contributed by atoms with Crippen molar-refractivity contribution in [2.24, 2.45) is 0 Å². The first-order valence-corrected chi connectivity index (χ1v) is 7.62. The van der Waals surface area contributed by atoms with Gasteiger partial charge in [-0.2, -0.15) is 0 Å². The Balaban J connectivity index is 2.94. The van der Waals surface area contributed by atoms with E-state index in [9.17, 15) is 19.5 Å². The highest BCUT2D eigenvalue weighted by atomic mass is 16.4. The van der Waals surface area contributed by atoms with Gasteiger partial charge >= 0.3 is 5.97 Å². The second-order valence-corrected chi connectivity index (χ2v) is 5.42. The lowest BCUT2D eigenvalue weighted by Crippen LogP contribution is -2.45. The summed E-state index contributed by atoms with van der Waals surface area (Å²) < 4.78 is 1.36. The number of carbonyl (C=O) groups is 2. The minimum Gasteiger partial charge on any atom is -0.480 e. The number of hydrogen-bond acceptors (Lipinski definition) is 3. The fraction of sp³-hybridized carbons (Fsp3) is 0.562. The normalized spacial score (nSPS) is 13.4. The van der Waals surface area contributed by atoms with Gasteiger partial charge in [-0.1, -0.05) is 32.8 Å². The molecule has 0 spiro atoms. The Bertz CT molecular complexity index is 580. The molecule has 0 radical (unpaired) electrons. The fourth-order valence-electron chi connectivity index (χ4n) is 2.30. The molecule has 1 aromatic heterocycles. The Kier molecular flexibility index (Phi) is 6.82. The zero-order valence-electron chi connectivity index (χ0n) is 13.3. The lowest BCUT2D eigenvalue weighted by atomic mass is 10.1. The number of nitrogens with one attached hydrogen (secondary N) is 1. The number of aliphatic carboxylic acids is 1. The number of carboxylic acids is 1. The van der Waals surface area contributed by atoms with E-state index in [0.717, 1.165) is 18.4 Å². The first-order valence-electron chi connectivity index (χ1n) is 7.62. The van der Waals surface area contributed by atoms with Crippen molar-refractivity contribution in [3.8, 4) is 0 Å². The van der Waals surface area contributed by atoms with E-state index in [1.165, 1.54) is 10.6 Å². The van der Waals surface area contributed by atoms with Gasteiger partial charge in [0.25, 0.3) is 5.56 Å². The van der Waals surface area contributed by atoms with Gasteiger partial charge in [0.1, 0.15) is 12.1 Å². The third-order valence-electron chi connectivity index (χ3n) is 3.57. The van der Waals surface area contributed by atoms with Crippen LogP contribution in [0.15, 0.2) is 23.1 Å². The smallest absolute Gasteiger partial charge is 0.326 e. The number of nitrogens with zero attached hydrogens (tertiary/aromatic N) is 1. The second kappa shape index (κ2) is 8.36. The maximum atomic E-state index is 12.4. The summed E-state index contributed by atoms with van der Waals surface area (Å²) >= 11 is 0. The van der Waals surface area contributed by atoms with Crippen molar-refractivity contribution in [1.29, 1.82) is 0 Å². The van der Waals surface area contributed by atoms with Crippen LogP contribution in [0.3, 0.4) is 0 Å². The average Bonchev–Trinajstić information content (AvgIpc) is 2.47. The molecule has 0 fully saturated rings. The van der Waals surface area contributed by atoms with Crippen molar-refractivity contribution in [3.05, 3.63) is 34.2 Å². The van der Waals surface area contributed by atoms with Gasteiger partial charge in [-0.3, -0.25) is 9.59 Å². The molecular weight excluding hydrogens is 284 g/mol. The van der Waals surface area contributed by atoms with Crippen molar-refractivity contribution in [1.82, 2.24) is 9.88 Å². The quantitative estimate of drug-likeness (QED) is 0.767. The maximum absolute atomic E-state index is 12.4. The number of aromatic nitrogens is 1. The van der Waals surface area contributed by atoms with Crippen LogP contribution in [-0.2, 0) is 9.59 Å². The largest absolute Gasteiger partial charge is 0.480 e. The van der Waals surface area contributed by atoms with Gasteiger partial charge in [0.2, 0.25) is 5.91 Å². The molecule has 6 heteroatoms. The fourth-order valence-corrected chi connectivity index (χ4v) is 2.30. The summed E-state index contributed by atoms with van der Waals surface area (Å²) in [5.41, 5.74) is 0.597. The molecule has 2 N–H and O–H groups in total. The van der Waals surface area contributed by atoms with Crippen LogP contribution in [0.5, 0.6) is 0 Å². The molecule has 0 aliphatic rings. The summed E-state index contributed by atoms with van der Waals surface area (Å²) in [6.45, 7) is 5.59. The van der Waals surface area contributed by atoms with Gasteiger partial charge in [-0.05, 0) is 25.3 Å². The molecular formula is C16H24N2O4. The van der Waals surface area contributed by atoms with E-state index >= 15 is 0 Å². The zero-order valence-corrected chi connectivity index (χ0v) is 13.3. The number of hydrogen-bond donors (Lipinski definition) is 2. The third kappa shape index (κ3) is 4.72. The van der Waals surface area contributed by atoms with Crippen LogP contribution in [0.25, 0.3) is 0 Å². The van der Waals surface area contributed by atoms with Crippen molar-refractivity contribution < 1.29 is 14.7 Å². The van der Waals surface area contributed by atoms with E-state index in [2.05, 4.69) is 5.32 Å². The molecule has 1 heterocycles. The van der Waals surface area contributed by atoms with Gasteiger partial charge in [0.05, 0.1) is 0 Å². The molecule has 22 heavy (non-hydrogen) atoms. The highest BCUT2D eigenvalue weighted by Crippen LogP contribution is 2.11. The summed E-state index contributed by atoms with van der Waals surface area (Å²) in [4.78, 5) is 35.5. The third-order valence-corrected chi connectivity index (χ3v) is 3.57. The van der Waals surface area contributed by atoms with Crippen LogP contribution in [0.1, 0.15) is 51.1 Å². The maximum Gasteiger partial charge on any atom is 0.326 e. The van der Waals surface area contributed by atoms with Crippen LogP contribution in [0.2, 0.25) is 0 Å². The number of rotatable bonds is 8. The van der Waals surface area contributed by atoms with E-state index < -0.39 is 24.0 Å². The molecule has 1 aromatic rings. The first kappa shape index (κ1) is 17.9. The number of pyridine rings is 1. The van der Waals surface area contributed by atoms with Gasteiger partial charge in [-0.15, -0.1) is 0 Å². The van der Waals surface area contributed by atoms with E-state index in [1.807, 2.05) is 13.8 Å². The van der Waals surface area contributed by atoms with Crippen LogP contribution in [-0.4, -0.2) is 27.6 Å². The second-order valence-electron chi connectivity index (χ2n) is 5.42. The monoisotopic (exact) mass is 308 g/mol. The predicted octanol–water partition coefficient (Wildman–Crippen LogP) is 1.87. The molecule has 2 atom stereocenters. The Morgan fingerprint density at radius 1 is 1.32 bits per heavy atom. The van der Waals surface area contributed by atoms with Crippen LogP contribution < -0.4 is 10.9 Å². The Morgan fingerprint density at radius 3 is 2.55 bits per heavy atom. The highest BCUT2D eigenvalue weighted by molar-refractivity contribution is 5.85. The molecule has 0 saturated carbocycles. The predicted molar refractivity (Wildman–Crippen MR) is 83.9 cm³/mol. The number of carbonyl (C=O) groups excluding carboxylic acids is 1. The van der Waals surface area contributed by atoms with Gasteiger partial charge in [0.15, 0.2) is 0 Å². The van der Waals surface area contributed by atoms with Crippen LogP contribution in [0, 0.1) is 6.92 Å². The molecule has 1 amide bonds. The highest BCUT2D eigenvalue weighted by Gasteiger charge is 2.25.